The van der Waals surface area contributed by atoms with Crippen LogP contribution in [0.5, 0.6) is 0 Å². The lowest BCUT2D eigenvalue weighted by molar-refractivity contribution is -0.206. The average molecular weight is 645 g/mol. The molecule has 0 aliphatic carbocycles. The molecule has 8 atom stereocenters. The standard InChI is InChI=1S/C18H42O6Si4.C6H10O6/c1-25(2,3)20-13-14-15(22-26(4,5)6)16(23-27(7,8)9)17(18(19)21-14)24-28(10,11)12;7-1-2-3(8)4(9)5(10)6(11)12-2/h14-17H,13H2,1-12H3;2-5,7-10H,1H2/t14-,15-,16+,17-;2-,3-,4+,5-/m11/s1. The van der Waals surface area contributed by atoms with E-state index in [9.17, 15) is 9.59 Å². The predicted molar refractivity (Wildman–Crippen MR) is 159 cm³/mol. The van der Waals surface area contributed by atoms with Gasteiger partial charge in [0.2, 0.25) is 0 Å². The number of ether oxygens (including phenoxy) is 2. The maximum atomic E-state index is 12.9. The summed E-state index contributed by atoms with van der Waals surface area (Å²) in [6.45, 7) is 25.1. The van der Waals surface area contributed by atoms with E-state index in [2.05, 4.69) is 83.3 Å². The van der Waals surface area contributed by atoms with Crippen molar-refractivity contribution in [3.63, 3.8) is 0 Å². The number of aliphatic hydroxyl groups excluding tert-OH is 4. The van der Waals surface area contributed by atoms with Gasteiger partial charge in [-0.05, 0) is 78.6 Å². The molecule has 2 saturated heterocycles. The largest absolute Gasteiger partial charge is 0.455 e. The van der Waals surface area contributed by atoms with Crippen LogP contribution in [0.4, 0.5) is 0 Å². The highest BCUT2D eigenvalue weighted by Gasteiger charge is 2.52. The normalized spacial score (nSPS) is 32.1. The Hall–Kier alpha value is -0.512. The lowest BCUT2D eigenvalue weighted by Crippen LogP contribution is -2.64. The molecule has 2 fully saturated rings. The second-order valence-electron chi connectivity index (χ2n) is 14.0. The van der Waals surface area contributed by atoms with Gasteiger partial charge in [-0.2, -0.15) is 0 Å². The molecule has 0 radical (unpaired) electrons. The molecule has 0 unspecified atom stereocenters. The van der Waals surface area contributed by atoms with E-state index in [4.69, 9.17) is 42.9 Å². The van der Waals surface area contributed by atoms with Gasteiger partial charge in [-0.25, -0.2) is 9.59 Å². The van der Waals surface area contributed by atoms with Crippen molar-refractivity contribution in [1.82, 2.24) is 0 Å². The number of aliphatic hydroxyl groups is 4. The van der Waals surface area contributed by atoms with Gasteiger partial charge in [0.1, 0.15) is 24.4 Å². The number of carbonyl (C=O) groups is 2. The van der Waals surface area contributed by atoms with Crippen molar-refractivity contribution in [3.05, 3.63) is 0 Å². The Morgan fingerprint density at radius 3 is 1.50 bits per heavy atom. The summed E-state index contributed by atoms with van der Waals surface area (Å²) in [6, 6.07) is 0. The molecule has 12 nitrogen and oxygen atoms in total. The van der Waals surface area contributed by atoms with Crippen LogP contribution < -0.4 is 0 Å². The minimum atomic E-state index is -2.00. The van der Waals surface area contributed by atoms with Crippen LogP contribution >= 0.6 is 0 Å². The fourth-order valence-electron chi connectivity index (χ4n) is 3.83. The van der Waals surface area contributed by atoms with Crippen LogP contribution in [0.15, 0.2) is 0 Å². The molecule has 0 amide bonds. The van der Waals surface area contributed by atoms with Crippen molar-refractivity contribution in [3.8, 4) is 0 Å². The Morgan fingerprint density at radius 1 is 0.625 bits per heavy atom. The average Bonchev–Trinajstić information content (AvgIpc) is 2.75. The summed E-state index contributed by atoms with van der Waals surface area (Å²) in [7, 11) is -7.66. The van der Waals surface area contributed by atoms with Crippen molar-refractivity contribution in [2.24, 2.45) is 0 Å². The fourth-order valence-corrected chi connectivity index (χ4v) is 7.66. The van der Waals surface area contributed by atoms with Gasteiger partial charge < -0.3 is 47.6 Å². The topological polar surface area (TPSA) is 170 Å². The van der Waals surface area contributed by atoms with Gasteiger partial charge in [0.15, 0.2) is 57.7 Å². The third-order valence-electron chi connectivity index (χ3n) is 5.37. The number of hydrogen-bond donors (Lipinski definition) is 4. The maximum Gasteiger partial charge on any atom is 0.338 e. The number of carbonyl (C=O) groups excluding carboxylic acids is 2. The SMILES string of the molecule is C[Si](C)(C)OC[C@H]1OC(=O)[C@H](O[Si](C)(C)C)[C@@H](O[Si](C)(C)C)[C@@H]1O[Si](C)(C)C.O=C1O[C@H](CO)[C@@H](O)[C@H](O)[C@H]1O. The maximum absolute atomic E-state index is 12.9. The third kappa shape index (κ3) is 12.8. The van der Waals surface area contributed by atoms with Gasteiger partial charge in [-0.3, -0.25) is 0 Å². The van der Waals surface area contributed by atoms with E-state index >= 15 is 0 Å². The summed E-state index contributed by atoms with van der Waals surface area (Å²) in [4.78, 5) is 23.6. The summed E-state index contributed by atoms with van der Waals surface area (Å²) in [5.74, 6) is -1.39. The highest BCUT2D eigenvalue weighted by molar-refractivity contribution is 6.71. The monoisotopic (exact) mass is 644 g/mol. The number of rotatable bonds is 10. The molecule has 2 heterocycles. The third-order valence-corrected chi connectivity index (χ3v) is 9.32. The Labute approximate surface area is 242 Å². The van der Waals surface area contributed by atoms with Crippen LogP contribution in [0.1, 0.15) is 0 Å². The quantitative estimate of drug-likeness (QED) is 0.199. The van der Waals surface area contributed by atoms with E-state index in [1.54, 1.807) is 0 Å². The first-order chi connectivity index (χ1) is 17.8. The summed E-state index contributed by atoms with van der Waals surface area (Å²) >= 11 is 0. The lowest BCUT2D eigenvalue weighted by Gasteiger charge is -2.47. The number of esters is 2. The molecule has 16 heteroatoms. The van der Waals surface area contributed by atoms with Gasteiger partial charge in [-0.15, -0.1) is 0 Å². The van der Waals surface area contributed by atoms with Crippen molar-refractivity contribution >= 4 is 45.2 Å². The van der Waals surface area contributed by atoms with Gasteiger partial charge in [0, 0.05) is 0 Å². The van der Waals surface area contributed by atoms with Crippen LogP contribution in [-0.4, -0.2) is 128 Å². The van der Waals surface area contributed by atoms with E-state index in [1.165, 1.54) is 0 Å². The molecule has 236 valence electrons. The first-order valence-electron chi connectivity index (χ1n) is 13.6. The zero-order valence-corrected chi connectivity index (χ0v) is 30.1. The second kappa shape index (κ2) is 14.3. The fraction of sp³-hybridized carbons (Fsp3) is 0.917. The van der Waals surface area contributed by atoms with Crippen LogP contribution in [0, 0.1) is 0 Å². The molecule has 2 aliphatic heterocycles. The van der Waals surface area contributed by atoms with Crippen LogP contribution in [0.2, 0.25) is 78.6 Å². The summed E-state index contributed by atoms with van der Waals surface area (Å²) in [5.41, 5.74) is 0. The van der Waals surface area contributed by atoms with Gasteiger partial charge >= 0.3 is 11.9 Å². The smallest absolute Gasteiger partial charge is 0.338 e. The summed E-state index contributed by atoms with van der Waals surface area (Å²) in [6.07, 6.45) is -8.00. The van der Waals surface area contributed by atoms with E-state index in [0.717, 1.165) is 0 Å². The molecular weight excluding hydrogens is 593 g/mol. The Balaban J connectivity index is 0.000000552. The highest BCUT2D eigenvalue weighted by atomic mass is 28.4. The molecule has 0 spiro atoms. The molecular formula is C24H52O12Si4. The first-order valence-corrected chi connectivity index (χ1v) is 27.2. The summed E-state index contributed by atoms with van der Waals surface area (Å²) in [5, 5.41) is 35.5. The molecule has 2 rings (SSSR count). The highest BCUT2D eigenvalue weighted by Crippen LogP contribution is 2.31. The zero-order valence-electron chi connectivity index (χ0n) is 26.1. The predicted octanol–water partition coefficient (Wildman–Crippen LogP) is 1.41. The first kappa shape index (κ1) is 37.5. The molecule has 2 aliphatic rings. The minimum Gasteiger partial charge on any atom is -0.455 e. The minimum absolute atomic E-state index is 0.335. The Bertz CT molecular complexity index is 832. The Morgan fingerprint density at radius 2 is 1.07 bits per heavy atom. The molecule has 0 aromatic heterocycles. The van der Waals surface area contributed by atoms with E-state index in [-0.39, 0.29) is 12.1 Å². The zero-order chi connectivity index (χ0) is 31.4. The molecule has 40 heavy (non-hydrogen) atoms. The van der Waals surface area contributed by atoms with Gasteiger partial charge in [0.25, 0.3) is 0 Å². The van der Waals surface area contributed by atoms with Crippen LogP contribution in [-0.2, 0) is 36.8 Å². The Kier molecular flexibility index (Phi) is 13.4. The number of cyclic esters (lactones) is 2. The molecule has 0 aromatic rings. The lowest BCUT2D eigenvalue weighted by atomic mass is 10.0. The molecule has 4 N–H and O–H groups in total. The molecule has 0 aromatic carbocycles. The van der Waals surface area contributed by atoms with Crippen molar-refractivity contribution in [2.45, 2.75) is 127 Å². The summed E-state index contributed by atoms with van der Waals surface area (Å²) < 4.78 is 35.6. The van der Waals surface area contributed by atoms with Crippen LogP contribution in [0.25, 0.3) is 0 Å². The van der Waals surface area contributed by atoms with E-state index in [0.29, 0.717) is 6.61 Å². The molecule has 0 bridgehead atoms. The molecule has 0 saturated carbocycles. The van der Waals surface area contributed by atoms with Crippen molar-refractivity contribution in [1.29, 1.82) is 0 Å². The second-order valence-corrected chi connectivity index (χ2v) is 31.9. The number of hydrogen-bond acceptors (Lipinski definition) is 12. The van der Waals surface area contributed by atoms with Gasteiger partial charge in [-0.1, -0.05) is 0 Å². The van der Waals surface area contributed by atoms with E-state index in [1.807, 2.05) is 0 Å². The van der Waals surface area contributed by atoms with Crippen molar-refractivity contribution in [2.75, 3.05) is 13.2 Å². The van der Waals surface area contributed by atoms with Gasteiger partial charge in [0.05, 0.1) is 13.2 Å². The van der Waals surface area contributed by atoms with E-state index < -0.39 is 88.6 Å². The van der Waals surface area contributed by atoms with Crippen LogP contribution in [0.3, 0.4) is 0 Å². The van der Waals surface area contributed by atoms with Crippen molar-refractivity contribution < 1.29 is 57.2 Å².